The minimum atomic E-state index is -0.695. The lowest BCUT2D eigenvalue weighted by atomic mass is 9.69. The molecule has 2 aliphatic carbocycles. The first-order valence-electron chi connectivity index (χ1n) is 19.6. The van der Waals surface area contributed by atoms with E-state index < -0.39 is 6.04 Å². The summed E-state index contributed by atoms with van der Waals surface area (Å²) in [6.45, 7) is 9.24. The second kappa shape index (κ2) is 15.6. The van der Waals surface area contributed by atoms with E-state index in [0.717, 1.165) is 81.8 Å². The first kappa shape index (κ1) is 35.8. The number of aryl methyl sites for hydroxylation is 1. The predicted octanol–water partition coefficient (Wildman–Crippen LogP) is 7.90. The number of ketones is 1. The number of aromatic hydroxyl groups is 1. The van der Waals surface area contributed by atoms with Gasteiger partial charge in [0.25, 0.3) is 11.8 Å². The summed E-state index contributed by atoms with van der Waals surface area (Å²) in [7, 11) is 0. The van der Waals surface area contributed by atoms with E-state index in [4.69, 9.17) is 4.74 Å². The highest BCUT2D eigenvalue weighted by Crippen LogP contribution is 2.47. The third-order valence-corrected chi connectivity index (χ3v) is 11.9. The molecule has 8 rings (SSSR count). The highest BCUT2D eigenvalue weighted by Gasteiger charge is 2.44. The van der Waals surface area contributed by atoms with Crippen molar-refractivity contribution in [3.05, 3.63) is 137 Å². The Hall–Kier alpha value is -5.21. The van der Waals surface area contributed by atoms with E-state index in [2.05, 4.69) is 77.0 Å². The lowest BCUT2D eigenvalue weighted by Gasteiger charge is -2.34. The van der Waals surface area contributed by atoms with Gasteiger partial charge in [0.05, 0.1) is 23.8 Å². The van der Waals surface area contributed by atoms with Crippen LogP contribution in [0.5, 0.6) is 11.5 Å². The van der Waals surface area contributed by atoms with Crippen LogP contribution in [0.1, 0.15) is 99.8 Å². The lowest BCUT2D eigenvalue weighted by Crippen LogP contribution is -2.46. The number of unbranched alkanes of at least 4 members (excludes halogenated alkanes) is 1. The molecular formula is C46H49N3O5. The van der Waals surface area contributed by atoms with E-state index in [1.807, 2.05) is 24.3 Å². The summed E-state index contributed by atoms with van der Waals surface area (Å²) in [4.78, 5) is 45.4. The lowest BCUT2D eigenvalue weighted by molar-refractivity contribution is -0.123. The highest BCUT2D eigenvalue weighted by molar-refractivity contribution is 6.23. The van der Waals surface area contributed by atoms with Gasteiger partial charge < -0.3 is 19.6 Å². The van der Waals surface area contributed by atoms with Crippen molar-refractivity contribution in [2.24, 2.45) is 0 Å². The average Bonchev–Trinajstić information content (AvgIpc) is 3.30. The highest BCUT2D eigenvalue weighted by atomic mass is 16.5. The minimum Gasteiger partial charge on any atom is -0.508 e. The van der Waals surface area contributed by atoms with Crippen molar-refractivity contribution >= 4 is 23.3 Å². The molecule has 4 aliphatic rings. The minimum absolute atomic E-state index is 0.100. The Morgan fingerprint density at radius 3 is 2.39 bits per heavy atom. The molecule has 8 nitrogen and oxygen atoms in total. The van der Waals surface area contributed by atoms with Crippen molar-refractivity contribution in [1.29, 1.82) is 0 Å². The zero-order valence-electron chi connectivity index (χ0n) is 30.9. The number of allylic oxidation sites excluding steroid dienone is 1. The SMILES string of the molecule is C=C1CCC(N2C(=O)c3ccc(N4CCCN(CCCCOc5ccc([C@@H]6c7ccc(O)cc7CC[C@@H]6c6ccccc6)cc5)CC4)cc3C2=O)C(=O)C1. The number of Topliss-reactive ketones (excluding diaryl/α,β-unsaturated/α-hetero) is 1. The number of anilines is 1. The maximum Gasteiger partial charge on any atom is 0.262 e. The van der Waals surface area contributed by atoms with Crippen LogP contribution in [0.25, 0.3) is 0 Å². The first-order chi connectivity index (χ1) is 26.3. The van der Waals surface area contributed by atoms with E-state index in [1.54, 1.807) is 6.07 Å². The molecule has 2 amide bonds. The number of carbonyl (C=O) groups is 3. The number of ether oxygens (including phenoxy) is 1. The van der Waals surface area contributed by atoms with Gasteiger partial charge in [0.1, 0.15) is 11.5 Å². The summed E-state index contributed by atoms with van der Waals surface area (Å²) in [6.07, 6.45) is 6.35. The number of amides is 2. The Balaban J connectivity index is 0.820. The Bertz CT molecular complexity index is 2040. The molecule has 2 heterocycles. The van der Waals surface area contributed by atoms with Gasteiger partial charge in [-0.3, -0.25) is 19.3 Å². The van der Waals surface area contributed by atoms with Crippen LogP contribution >= 0.6 is 0 Å². The standard InChI is InChI=1S/C46H49N3O5/c1-31-10-21-42(43(51)28-31)49-45(52)40-19-14-35(30-41(40)46(49)53)48-24-7-23-47(25-26-48)22-5-6-27-54-37-16-11-33(12-17-37)44-38(32-8-3-2-4-9-32)18-13-34-29-36(50)15-20-39(34)44/h2-4,8-9,11-12,14-17,19-20,29-30,38,42,44,50H,1,5-7,10,13,18,21-28H2/t38-,42?,44+/m1/s1. The maximum absolute atomic E-state index is 13.4. The molecule has 0 spiro atoms. The van der Waals surface area contributed by atoms with Gasteiger partial charge in [0.2, 0.25) is 0 Å². The average molecular weight is 724 g/mol. The number of phenolic OH excluding ortho intramolecular Hbond substituents is 1. The fourth-order valence-corrected chi connectivity index (χ4v) is 9.08. The number of nitrogens with zero attached hydrogens (tertiary/aromatic N) is 3. The van der Waals surface area contributed by atoms with Gasteiger partial charge in [-0.15, -0.1) is 0 Å². The fourth-order valence-electron chi connectivity index (χ4n) is 9.08. The molecule has 1 saturated heterocycles. The van der Waals surface area contributed by atoms with Gasteiger partial charge in [-0.2, -0.15) is 0 Å². The molecule has 2 aliphatic heterocycles. The monoisotopic (exact) mass is 723 g/mol. The molecule has 54 heavy (non-hydrogen) atoms. The van der Waals surface area contributed by atoms with Crippen molar-refractivity contribution in [2.45, 2.75) is 69.2 Å². The number of benzene rings is 4. The van der Waals surface area contributed by atoms with Crippen molar-refractivity contribution in [3.8, 4) is 11.5 Å². The van der Waals surface area contributed by atoms with Gasteiger partial charge in [-0.1, -0.05) is 60.7 Å². The molecule has 0 aromatic heterocycles. The number of fused-ring (bicyclic) bond motifs is 2. The van der Waals surface area contributed by atoms with Crippen LogP contribution in [0.2, 0.25) is 0 Å². The smallest absolute Gasteiger partial charge is 0.262 e. The van der Waals surface area contributed by atoms with Crippen LogP contribution in [0.4, 0.5) is 5.69 Å². The molecule has 8 heteroatoms. The summed E-state index contributed by atoms with van der Waals surface area (Å²) in [5, 5.41) is 10.2. The number of hydrogen-bond acceptors (Lipinski definition) is 7. The fraction of sp³-hybridized carbons (Fsp3) is 0.370. The number of carbonyl (C=O) groups excluding carboxylic acids is 3. The van der Waals surface area contributed by atoms with Crippen molar-refractivity contribution < 1.29 is 24.2 Å². The Morgan fingerprint density at radius 1 is 0.759 bits per heavy atom. The normalized spacial score (nSPS) is 21.9. The van der Waals surface area contributed by atoms with Crippen molar-refractivity contribution in [1.82, 2.24) is 9.80 Å². The van der Waals surface area contributed by atoms with E-state index >= 15 is 0 Å². The van der Waals surface area contributed by atoms with E-state index in [-0.39, 0.29) is 29.9 Å². The Labute approximate surface area is 318 Å². The molecule has 1 N–H and O–H groups in total. The summed E-state index contributed by atoms with van der Waals surface area (Å²) in [5.41, 5.74) is 7.76. The van der Waals surface area contributed by atoms with E-state index in [1.165, 1.54) is 27.2 Å². The zero-order valence-corrected chi connectivity index (χ0v) is 30.9. The number of phenols is 1. The molecule has 4 aromatic carbocycles. The van der Waals surface area contributed by atoms with Crippen LogP contribution in [-0.4, -0.2) is 77.9 Å². The van der Waals surface area contributed by atoms with E-state index in [9.17, 15) is 19.5 Å². The largest absolute Gasteiger partial charge is 0.508 e. The molecule has 278 valence electrons. The molecule has 0 bridgehead atoms. The van der Waals surface area contributed by atoms with Gasteiger partial charge in [0, 0.05) is 37.7 Å². The molecule has 1 unspecified atom stereocenters. The Kier molecular flexibility index (Phi) is 10.4. The molecule has 0 radical (unpaired) electrons. The quantitative estimate of drug-likeness (QED) is 0.101. The zero-order chi connectivity index (χ0) is 37.2. The third kappa shape index (κ3) is 7.32. The van der Waals surface area contributed by atoms with Gasteiger partial charge >= 0.3 is 0 Å². The summed E-state index contributed by atoms with van der Waals surface area (Å²) >= 11 is 0. The van der Waals surface area contributed by atoms with Gasteiger partial charge in [-0.05, 0) is 129 Å². The van der Waals surface area contributed by atoms with Crippen molar-refractivity contribution in [3.63, 3.8) is 0 Å². The van der Waals surface area contributed by atoms with E-state index in [0.29, 0.717) is 42.2 Å². The molecule has 4 aromatic rings. The maximum atomic E-state index is 13.4. The van der Waals surface area contributed by atoms with Gasteiger partial charge in [-0.25, -0.2) is 0 Å². The molecule has 1 saturated carbocycles. The second-order valence-corrected chi connectivity index (χ2v) is 15.4. The number of rotatable bonds is 10. The second-order valence-electron chi connectivity index (χ2n) is 15.4. The number of hydrogen-bond donors (Lipinski definition) is 1. The Morgan fingerprint density at radius 2 is 1.57 bits per heavy atom. The predicted molar refractivity (Wildman–Crippen MR) is 211 cm³/mol. The van der Waals surface area contributed by atoms with Crippen LogP contribution in [0.15, 0.2) is 103 Å². The van der Waals surface area contributed by atoms with Crippen LogP contribution in [0.3, 0.4) is 0 Å². The molecule has 3 atom stereocenters. The molecule has 2 fully saturated rings. The molecular weight excluding hydrogens is 675 g/mol. The van der Waals surface area contributed by atoms with Crippen LogP contribution < -0.4 is 9.64 Å². The van der Waals surface area contributed by atoms with Crippen LogP contribution in [0, 0.1) is 0 Å². The number of imide groups is 1. The van der Waals surface area contributed by atoms with Crippen molar-refractivity contribution in [2.75, 3.05) is 44.2 Å². The summed E-state index contributed by atoms with van der Waals surface area (Å²) < 4.78 is 6.21. The third-order valence-electron chi connectivity index (χ3n) is 11.9. The summed E-state index contributed by atoms with van der Waals surface area (Å²) in [6, 6.07) is 30.1. The first-order valence-corrected chi connectivity index (χ1v) is 19.6. The van der Waals surface area contributed by atoms with Crippen LogP contribution in [-0.2, 0) is 11.2 Å². The topological polar surface area (TPSA) is 90.4 Å². The summed E-state index contributed by atoms with van der Waals surface area (Å²) in [5.74, 6) is 0.987. The van der Waals surface area contributed by atoms with Gasteiger partial charge in [0.15, 0.2) is 5.78 Å².